The highest BCUT2D eigenvalue weighted by atomic mass is 35.5. The molecule has 6 heterocycles. The second-order valence-corrected chi connectivity index (χ2v) is 17.4. The molecule has 4 aliphatic rings. The number of carbonyl (C=O) groups is 5. The van der Waals surface area contributed by atoms with Crippen molar-refractivity contribution in [1.82, 2.24) is 39.7 Å². The molecule has 4 aliphatic heterocycles. The Morgan fingerprint density at radius 1 is 0.937 bits per heavy atom. The van der Waals surface area contributed by atoms with Gasteiger partial charge in [-0.05, 0) is 96.9 Å². The van der Waals surface area contributed by atoms with E-state index in [0.29, 0.717) is 77.9 Å². The molecule has 0 unspecified atom stereocenters. The Bertz CT molecular complexity index is 2630. The van der Waals surface area contributed by atoms with Gasteiger partial charge in [0.1, 0.15) is 5.69 Å². The molecule has 14 nitrogen and oxygen atoms in total. The maximum absolute atomic E-state index is 16.6. The summed E-state index contributed by atoms with van der Waals surface area (Å²) in [7, 11) is 3.33. The van der Waals surface area contributed by atoms with Crippen LogP contribution < -0.4 is 10.2 Å². The van der Waals surface area contributed by atoms with Crippen molar-refractivity contribution in [3.63, 3.8) is 0 Å². The minimum atomic E-state index is -0.552. The molecule has 2 aromatic heterocycles. The van der Waals surface area contributed by atoms with Gasteiger partial charge in [0.15, 0.2) is 5.82 Å². The highest BCUT2D eigenvalue weighted by molar-refractivity contribution is 6.34. The number of likely N-dealkylation sites (tertiary alicyclic amines) is 2. The number of halogens is 2. The van der Waals surface area contributed by atoms with E-state index in [1.807, 2.05) is 29.3 Å². The van der Waals surface area contributed by atoms with Crippen LogP contribution >= 0.6 is 11.6 Å². The molecule has 0 saturated carbocycles. The summed E-state index contributed by atoms with van der Waals surface area (Å²) in [5.74, 6) is -0.830. The first-order valence-corrected chi connectivity index (χ1v) is 21.9. The van der Waals surface area contributed by atoms with Gasteiger partial charge in [0, 0.05) is 101 Å². The molecule has 3 saturated heterocycles. The molecular weight excluding hydrogens is 825 g/mol. The minimum absolute atomic E-state index is 0.0148. The molecule has 5 aromatic rings. The molecule has 2 N–H and O–H groups in total. The number of H-pyrrole nitrogens is 1. The number of piperidine rings is 1. The van der Waals surface area contributed by atoms with Crippen molar-refractivity contribution in [1.29, 1.82) is 0 Å². The summed E-state index contributed by atoms with van der Waals surface area (Å²) in [5, 5.41) is 7.45. The van der Waals surface area contributed by atoms with Gasteiger partial charge in [-0.1, -0.05) is 41.9 Å². The van der Waals surface area contributed by atoms with Crippen LogP contribution in [0.5, 0.6) is 0 Å². The number of nitrogens with zero attached hydrogens (tertiary/aromatic N) is 7. The first kappa shape index (κ1) is 42.0. The number of imide groups is 1. The van der Waals surface area contributed by atoms with Gasteiger partial charge in [0.2, 0.25) is 11.8 Å². The number of urea groups is 1. The van der Waals surface area contributed by atoms with Gasteiger partial charge in [0.25, 0.3) is 11.8 Å². The summed E-state index contributed by atoms with van der Waals surface area (Å²) < 4.78 is 18.3. The molecule has 0 spiro atoms. The van der Waals surface area contributed by atoms with Gasteiger partial charge in [-0.15, -0.1) is 0 Å². The van der Waals surface area contributed by atoms with Crippen LogP contribution in [-0.2, 0) is 16.1 Å². The maximum atomic E-state index is 16.6. The van der Waals surface area contributed by atoms with Crippen LogP contribution in [0.15, 0.2) is 79.1 Å². The lowest BCUT2D eigenvalue weighted by atomic mass is 9.86. The van der Waals surface area contributed by atoms with E-state index in [2.05, 4.69) is 44.6 Å². The van der Waals surface area contributed by atoms with Crippen molar-refractivity contribution in [2.75, 3.05) is 64.8 Å². The molecule has 0 bridgehead atoms. The average molecular weight is 874 g/mol. The Labute approximate surface area is 369 Å². The molecule has 3 aromatic carbocycles. The number of benzene rings is 3. The number of anilines is 1. The molecule has 3 fully saturated rings. The van der Waals surface area contributed by atoms with Crippen molar-refractivity contribution in [2.45, 2.75) is 50.6 Å². The van der Waals surface area contributed by atoms with Crippen molar-refractivity contribution in [3.05, 3.63) is 112 Å². The summed E-state index contributed by atoms with van der Waals surface area (Å²) in [6, 6.07) is 18.5. The molecule has 6 amide bonds. The Hall–Kier alpha value is -6.32. The van der Waals surface area contributed by atoms with E-state index in [0.717, 1.165) is 42.6 Å². The van der Waals surface area contributed by atoms with Gasteiger partial charge in [-0.25, -0.2) is 9.18 Å². The summed E-state index contributed by atoms with van der Waals surface area (Å²) in [5.41, 5.74) is 5.46. The zero-order chi connectivity index (χ0) is 43.9. The SMILES string of the molecule is CN(C)C(=O)c1cc2c(-c3ccc(C4CCN(C5CN(C(=O)c6ccc(Cl)c(N7CCC(=O)NC7=O)c6)C5)CC4)cc3)cc(C3=CCCN(C(=O)CCn4cccn4)C3)c(F)c2[nH]1. The third-order valence-electron chi connectivity index (χ3n) is 12.9. The van der Waals surface area contributed by atoms with Crippen molar-refractivity contribution in [2.24, 2.45) is 0 Å². The van der Waals surface area contributed by atoms with Crippen LogP contribution in [0.2, 0.25) is 5.02 Å². The number of fused-ring (bicyclic) bond motifs is 1. The van der Waals surface area contributed by atoms with E-state index in [4.69, 9.17) is 11.6 Å². The summed E-state index contributed by atoms with van der Waals surface area (Å²) in [6.07, 6.45) is 8.51. The smallest absolute Gasteiger partial charge is 0.328 e. The highest BCUT2D eigenvalue weighted by Gasteiger charge is 2.37. The Morgan fingerprint density at radius 3 is 2.43 bits per heavy atom. The van der Waals surface area contributed by atoms with Crippen LogP contribution in [0.25, 0.3) is 27.6 Å². The van der Waals surface area contributed by atoms with Crippen LogP contribution in [-0.4, -0.2) is 130 Å². The normalized spacial score (nSPS) is 17.8. The van der Waals surface area contributed by atoms with Gasteiger partial charge in [-0.2, -0.15) is 5.10 Å². The number of carbonyl (C=O) groups excluding carboxylic acids is 5. The van der Waals surface area contributed by atoms with Gasteiger partial charge in [0.05, 0.1) is 16.2 Å². The van der Waals surface area contributed by atoms with E-state index in [-0.39, 0.29) is 54.7 Å². The van der Waals surface area contributed by atoms with E-state index in [1.165, 1.54) is 15.4 Å². The fourth-order valence-corrected chi connectivity index (χ4v) is 9.48. The minimum Gasteiger partial charge on any atom is -0.348 e. The average Bonchev–Trinajstić information content (AvgIpc) is 3.97. The molecule has 16 heteroatoms. The lowest BCUT2D eigenvalue weighted by Crippen LogP contribution is -2.62. The first-order chi connectivity index (χ1) is 30.4. The summed E-state index contributed by atoms with van der Waals surface area (Å²) in [6.45, 7) is 4.53. The number of amides is 6. The lowest BCUT2D eigenvalue weighted by Gasteiger charge is -2.47. The number of rotatable bonds is 10. The standard InChI is InChI=1S/C47H49ClFN9O5/c1-53(2)46(62)39-25-37-35(24-36(43(49)44(37)51-39)33-5-3-17-55(26-33)42(60)15-21-57-18-4-16-50-57)31-8-6-29(7-9-31)30-12-19-54(20-13-30)34-27-56(28-34)45(61)32-10-11-38(48)40(23-32)58-22-14-41(59)52-47(58)63/h4-11,16,18,23-25,30,34,51H,3,12-15,17,19-22,26-28H2,1-2H3,(H,52,59,63). The zero-order valence-electron chi connectivity index (χ0n) is 35.3. The summed E-state index contributed by atoms with van der Waals surface area (Å²) >= 11 is 6.41. The third kappa shape index (κ3) is 8.46. The quantitative estimate of drug-likeness (QED) is 0.166. The van der Waals surface area contributed by atoms with Crippen molar-refractivity contribution >= 4 is 63.4 Å². The number of nitrogens with one attached hydrogen (secondary N) is 2. The largest absolute Gasteiger partial charge is 0.348 e. The van der Waals surface area contributed by atoms with Gasteiger partial charge >= 0.3 is 6.03 Å². The maximum Gasteiger partial charge on any atom is 0.328 e. The molecule has 0 atom stereocenters. The Balaban J connectivity index is 0.862. The highest BCUT2D eigenvalue weighted by Crippen LogP contribution is 2.39. The van der Waals surface area contributed by atoms with E-state index in [1.54, 1.807) is 54.1 Å². The van der Waals surface area contributed by atoms with E-state index < -0.39 is 11.8 Å². The van der Waals surface area contributed by atoms with Gasteiger partial charge < -0.3 is 19.7 Å². The molecule has 0 radical (unpaired) electrons. The van der Waals surface area contributed by atoms with Crippen LogP contribution in [0, 0.1) is 5.82 Å². The first-order valence-electron chi connectivity index (χ1n) is 21.5. The van der Waals surface area contributed by atoms with Crippen LogP contribution in [0.1, 0.15) is 70.0 Å². The van der Waals surface area contributed by atoms with Crippen molar-refractivity contribution < 1.29 is 28.4 Å². The predicted octanol–water partition coefficient (Wildman–Crippen LogP) is 6.38. The lowest BCUT2D eigenvalue weighted by molar-refractivity contribution is -0.131. The number of aromatic nitrogens is 3. The van der Waals surface area contributed by atoms with Crippen molar-refractivity contribution in [3.8, 4) is 11.1 Å². The number of hydrogen-bond acceptors (Lipinski definition) is 7. The predicted molar refractivity (Wildman–Crippen MR) is 238 cm³/mol. The van der Waals surface area contributed by atoms with E-state index in [9.17, 15) is 24.0 Å². The second-order valence-electron chi connectivity index (χ2n) is 17.0. The van der Waals surface area contributed by atoms with Crippen LogP contribution in [0.3, 0.4) is 0 Å². The van der Waals surface area contributed by atoms with Crippen LogP contribution in [0.4, 0.5) is 14.9 Å². The molecule has 63 heavy (non-hydrogen) atoms. The monoisotopic (exact) mass is 873 g/mol. The number of aryl methyl sites for hydroxylation is 1. The zero-order valence-corrected chi connectivity index (χ0v) is 36.0. The molecule has 0 aliphatic carbocycles. The molecular formula is C47H49ClFN9O5. The summed E-state index contributed by atoms with van der Waals surface area (Å²) in [4.78, 5) is 75.9. The fourth-order valence-electron chi connectivity index (χ4n) is 9.26. The Kier molecular flexibility index (Phi) is 11.6. The molecule has 9 rings (SSSR count). The second kappa shape index (κ2) is 17.4. The Morgan fingerprint density at radius 2 is 1.71 bits per heavy atom. The fraction of sp³-hybridized carbons (Fsp3) is 0.362. The topological polar surface area (TPSA) is 147 Å². The third-order valence-corrected chi connectivity index (χ3v) is 13.2. The number of aromatic amines is 1. The van der Waals surface area contributed by atoms with Gasteiger partial charge in [-0.3, -0.25) is 39.0 Å². The number of hydrogen-bond donors (Lipinski definition) is 2. The van der Waals surface area contributed by atoms with E-state index >= 15 is 4.39 Å². The molecule has 326 valence electrons.